The van der Waals surface area contributed by atoms with Crippen LogP contribution >= 0.6 is 0 Å². The van der Waals surface area contributed by atoms with E-state index in [0.29, 0.717) is 5.39 Å². The van der Waals surface area contributed by atoms with Crippen molar-refractivity contribution in [2.75, 3.05) is 70.5 Å². The first-order chi connectivity index (χ1) is 12.7. The number of piperazine rings is 1. The van der Waals surface area contributed by atoms with Gasteiger partial charge < -0.3 is 14.2 Å². The minimum atomic E-state index is 0.00878. The number of ether oxygens (including phenoxy) is 1. The molecule has 1 aromatic carbocycles. The highest BCUT2D eigenvalue weighted by atomic mass is 16.5. The highest BCUT2D eigenvalue weighted by Crippen LogP contribution is 2.20. The Hall–Kier alpha value is -1.96. The summed E-state index contributed by atoms with van der Waals surface area (Å²) in [6.07, 6.45) is 1.60. The number of morpholine rings is 1. The molecule has 0 amide bonds. The molecule has 0 atom stereocenters. The van der Waals surface area contributed by atoms with Gasteiger partial charge in [-0.15, -0.1) is 0 Å². The molecular weight excluding hydrogens is 330 g/mol. The number of nitrogens with zero attached hydrogens (tertiary/aromatic N) is 5. The quantitative estimate of drug-likeness (QED) is 0.789. The van der Waals surface area contributed by atoms with E-state index in [9.17, 15) is 4.79 Å². The molecule has 0 radical (unpaired) electrons. The topological polar surface area (TPSA) is 53.8 Å². The first-order valence-corrected chi connectivity index (χ1v) is 9.43. The number of fused-ring (bicyclic) bond motifs is 1. The number of hydrogen-bond donors (Lipinski definition) is 0. The molecule has 4 rings (SSSR count). The van der Waals surface area contributed by atoms with Gasteiger partial charge in [0, 0.05) is 65.1 Å². The molecule has 0 saturated carbocycles. The van der Waals surface area contributed by atoms with Gasteiger partial charge in [-0.2, -0.15) is 0 Å². The zero-order chi connectivity index (χ0) is 17.9. The Morgan fingerprint density at radius 2 is 1.69 bits per heavy atom. The van der Waals surface area contributed by atoms with Crippen molar-refractivity contribution in [3.8, 4) is 0 Å². The first-order valence-electron chi connectivity index (χ1n) is 9.43. The third-order valence-electron chi connectivity index (χ3n) is 5.48. The molecule has 1 aromatic heterocycles. The summed E-state index contributed by atoms with van der Waals surface area (Å²) < 4.78 is 6.93. The van der Waals surface area contributed by atoms with E-state index >= 15 is 0 Å². The first kappa shape index (κ1) is 17.5. The molecule has 2 aliphatic rings. The van der Waals surface area contributed by atoms with Gasteiger partial charge in [0.1, 0.15) is 0 Å². The van der Waals surface area contributed by atoms with Crippen LogP contribution in [0.5, 0.6) is 0 Å². The van der Waals surface area contributed by atoms with Crippen molar-refractivity contribution in [1.82, 2.24) is 19.4 Å². The minimum absolute atomic E-state index is 0.00878. The lowest BCUT2D eigenvalue weighted by atomic mass is 10.2. The van der Waals surface area contributed by atoms with Gasteiger partial charge >= 0.3 is 0 Å². The molecule has 26 heavy (non-hydrogen) atoms. The van der Waals surface area contributed by atoms with E-state index in [1.807, 2.05) is 12.1 Å². The molecule has 2 aromatic rings. The molecule has 2 saturated heterocycles. The second-order valence-electron chi connectivity index (χ2n) is 7.14. The molecule has 7 nitrogen and oxygen atoms in total. The molecule has 2 fully saturated rings. The second kappa shape index (κ2) is 7.73. The molecule has 0 aliphatic carbocycles. The van der Waals surface area contributed by atoms with Gasteiger partial charge in [0.2, 0.25) is 0 Å². The van der Waals surface area contributed by atoms with Crippen molar-refractivity contribution < 1.29 is 4.74 Å². The molecule has 3 heterocycles. The summed E-state index contributed by atoms with van der Waals surface area (Å²) in [5.41, 5.74) is 1.95. The van der Waals surface area contributed by atoms with Crippen LogP contribution in [0.4, 0.5) is 5.69 Å². The number of anilines is 1. The van der Waals surface area contributed by atoms with Crippen molar-refractivity contribution in [2.24, 2.45) is 7.05 Å². The summed E-state index contributed by atoms with van der Waals surface area (Å²) in [6, 6.07) is 6.00. The largest absolute Gasteiger partial charge is 0.379 e. The summed E-state index contributed by atoms with van der Waals surface area (Å²) in [5.74, 6) is 0. The Balaban J connectivity index is 1.35. The van der Waals surface area contributed by atoms with Crippen molar-refractivity contribution in [1.29, 1.82) is 0 Å². The van der Waals surface area contributed by atoms with Gasteiger partial charge in [-0.1, -0.05) is 0 Å². The maximum atomic E-state index is 12.2. The average molecular weight is 357 g/mol. The van der Waals surface area contributed by atoms with E-state index in [0.717, 1.165) is 76.8 Å². The van der Waals surface area contributed by atoms with Gasteiger partial charge in [0.05, 0.1) is 30.4 Å². The smallest absolute Gasteiger partial charge is 0.260 e. The summed E-state index contributed by atoms with van der Waals surface area (Å²) in [6.45, 7) is 10.3. The normalized spacial score (nSPS) is 20.0. The lowest BCUT2D eigenvalue weighted by Gasteiger charge is -2.37. The molecule has 0 bridgehead atoms. The summed E-state index contributed by atoms with van der Waals surface area (Å²) in [4.78, 5) is 24.0. The minimum Gasteiger partial charge on any atom is -0.379 e. The summed E-state index contributed by atoms with van der Waals surface area (Å²) in [5, 5.41) is 0.683. The standard InChI is InChI=1S/C19H27N5O2/c1-21-15-20-18-14-16(2-3-17(18)19(21)25)24-8-6-22(7-9-24)4-5-23-10-12-26-13-11-23/h2-3,14-15H,4-13H2,1H3. The molecule has 0 spiro atoms. The SMILES string of the molecule is Cn1cnc2cc(N3CCN(CCN4CCOCC4)CC3)ccc2c1=O. The van der Waals surface area contributed by atoms with Gasteiger partial charge in [0.25, 0.3) is 5.56 Å². The summed E-state index contributed by atoms with van der Waals surface area (Å²) in [7, 11) is 1.73. The fraction of sp³-hybridized carbons (Fsp3) is 0.579. The molecule has 2 aliphatic heterocycles. The Labute approximate surface area is 153 Å². The Bertz CT molecular complexity index is 807. The lowest BCUT2D eigenvalue weighted by Crippen LogP contribution is -2.49. The van der Waals surface area contributed by atoms with Crippen molar-refractivity contribution in [3.05, 3.63) is 34.9 Å². The predicted octanol–water partition coefficient (Wildman–Crippen LogP) is 0.388. The van der Waals surface area contributed by atoms with Crippen LogP contribution in [0.25, 0.3) is 10.9 Å². The van der Waals surface area contributed by atoms with Crippen LogP contribution in [0, 0.1) is 0 Å². The zero-order valence-corrected chi connectivity index (χ0v) is 15.4. The third-order valence-corrected chi connectivity index (χ3v) is 5.48. The molecular formula is C19H27N5O2. The molecule has 0 unspecified atom stereocenters. The summed E-state index contributed by atoms with van der Waals surface area (Å²) >= 11 is 0. The van der Waals surface area contributed by atoms with Crippen LogP contribution in [-0.2, 0) is 11.8 Å². The number of hydrogen-bond acceptors (Lipinski definition) is 6. The van der Waals surface area contributed by atoms with Crippen LogP contribution in [0.15, 0.2) is 29.3 Å². The average Bonchev–Trinajstić information content (AvgIpc) is 2.70. The van der Waals surface area contributed by atoms with Gasteiger partial charge in [0.15, 0.2) is 0 Å². The van der Waals surface area contributed by atoms with E-state index in [2.05, 4.69) is 25.8 Å². The number of rotatable bonds is 4. The van der Waals surface area contributed by atoms with E-state index in [4.69, 9.17) is 4.74 Å². The van der Waals surface area contributed by atoms with Crippen LogP contribution < -0.4 is 10.5 Å². The van der Waals surface area contributed by atoms with Crippen molar-refractivity contribution >= 4 is 16.6 Å². The third kappa shape index (κ3) is 3.75. The van der Waals surface area contributed by atoms with Gasteiger partial charge in [-0.25, -0.2) is 4.98 Å². The molecule has 0 N–H and O–H groups in total. The van der Waals surface area contributed by atoms with Crippen LogP contribution in [0.1, 0.15) is 0 Å². The zero-order valence-electron chi connectivity index (χ0n) is 15.4. The van der Waals surface area contributed by atoms with Gasteiger partial charge in [-0.3, -0.25) is 14.6 Å². The highest BCUT2D eigenvalue weighted by molar-refractivity contribution is 5.81. The van der Waals surface area contributed by atoms with E-state index in [1.165, 1.54) is 4.57 Å². The maximum Gasteiger partial charge on any atom is 0.260 e. The van der Waals surface area contributed by atoms with E-state index < -0.39 is 0 Å². The van der Waals surface area contributed by atoms with Crippen LogP contribution in [0.3, 0.4) is 0 Å². The van der Waals surface area contributed by atoms with Crippen molar-refractivity contribution in [2.45, 2.75) is 0 Å². The van der Waals surface area contributed by atoms with E-state index in [1.54, 1.807) is 13.4 Å². The number of aryl methyl sites for hydroxylation is 1. The Morgan fingerprint density at radius 3 is 2.42 bits per heavy atom. The monoisotopic (exact) mass is 357 g/mol. The Morgan fingerprint density at radius 1 is 1.00 bits per heavy atom. The molecule has 7 heteroatoms. The maximum absolute atomic E-state index is 12.2. The van der Waals surface area contributed by atoms with Crippen LogP contribution in [0.2, 0.25) is 0 Å². The number of aromatic nitrogens is 2. The Kier molecular flexibility index (Phi) is 5.19. The van der Waals surface area contributed by atoms with E-state index in [-0.39, 0.29) is 5.56 Å². The number of benzene rings is 1. The predicted molar refractivity (Wildman–Crippen MR) is 103 cm³/mol. The van der Waals surface area contributed by atoms with Crippen LogP contribution in [-0.4, -0.2) is 84.9 Å². The highest BCUT2D eigenvalue weighted by Gasteiger charge is 2.19. The molecule has 140 valence electrons. The van der Waals surface area contributed by atoms with Crippen molar-refractivity contribution in [3.63, 3.8) is 0 Å². The van der Waals surface area contributed by atoms with Gasteiger partial charge in [-0.05, 0) is 18.2 Å². The fourth-order valence-electron chi connectivity index (χ4n) is 3.73. The fourth-order valence-corrected chi connectivity index (χ4v) is 3.73. The lowest BCUT2D eigenvalue weighted by molar-refractivity contribution is 0.0331. The second-order valence-corrected chi connectivity index (χ2v) is 7.14.